The summed E-state index contributed by atoms with van der Waals surface area (Å²) in [7, 11) is 1.22. The maximum atomic E-state index is 11.0. The maximum absolute atomic E-state index is 11.0. The molecule has 4 nitrogen and oxygen atoms in total. The molecule has 2 atom stereocenters. The average molecular weight is 324 g/mol. The number of hydrogen-bond acceptors (Lipinski definition) is 4. The van der Waals surface area contributed by atoms with Crippen molar-refractivity contribution < 1.29 is 19.7 Å². The second kappa shape index (κ2) is 6.35. The number of aliphatic hydroxyl groups is 2. The Morgan fingerprint density at radius 1 is 1.53 bits per heavy atom. The SMILES string of the molecule is COC(=O)CC(O)C(O)c1ccc(Br)c(Cl)c1. The van der Waals surface area contributed by atoms with E-state index in [1.54, 1.807) is 12.1 Å². The Kier molecular flexibility index (Phi) is 5.39. The fourth-order valence-electron chi connectivity index (χ4n) is 1.28. The van der Waals surface area contributed by atoms with Crippen molar-refractivity contribution in [1.82, 2.24) is 0 Å². The number of benzene rings is 1. The average Bonchev–Trinajstić information content (AvgIpc) is 2.31. The van der Waals surface area contributed by atoms with Crippen LogP contribution in [0.4, 0.5) is 0 Å². The summed E-state index contributed by atoms with van der Waals surface area (Å²) < 4.78 is 5.10. The second-order valence-electron chi connectivity index (χ2n) is 3.47. The van der Waals surface area contributed by atoms with E-state index in [9.17, 15) is 15.0 Å². The summed E-state index contributed by atoms with van der Waals surface area (Å²) in [5, 5.41) is 19.9. The molecule has 6 heteroatoms. The molecule has 1 aromatic rings. The van der Waals surface area contributed by atoms with E-state index < -0.39 is 18.2 Å². The van der Waals surface area contributed by atoms with Crippen molar-refractivity contribution in [3.05, 3.63) is 33.3 Å². The molecular weight excluding hydrogens is 311 g/mol. The third-order valence-electron chi connectivity index (χ3n) is 2.25. The van der Waals surface area contributed by atoms with Gasteiger partial charge in [0.1, 0.15) is 6.10 Å². The van der Waals surface area contributed by atoms with E-state index in [4.69, 9.17) is 11.6 Å². The first-order valence-electron chi connectivity index (χ1n) is 4.83. The Labute approximate surface area is 112 Å². The summed E-state index contributed by atoms with van der Waals surface area (Å²) in [6, 6.07) is 4.80. The monoisotopic (exact) mass is 322 g/mol. The van der Waals surface area contributed by atoms with Gasteiger partial charge in [-0.05, 0) is 33.6 Å². The second-order valence-corrected chi connectivity index (χ2v) is 4.73. The molecule has 94 valence electrons. The molecule has 1 rings (SSSR count). The number of rotatable bonds is 4. The van der Waals surface area contributed by atoms with E-state index in [2.05, 4.69) is 20.7 Å². The molecule has 0 amide bonds. The van der Waals surface area contributed by atoms with Crippen LogP contribution < -0.4 is 0 Å². The van der Waals surface area contributed by atoms with E-state index in [0.717, 1.165) is 0 Å². The van der Waals surface area contributed by atoms with Gasteiger partial charge in [0.15, 0.2) is 0 Å². The summed E-state index contributed by atoms with van der Waals surface area (Å²) >= 11 is 9.08. The number of carbonyl (C=O) groups is 1. The lowest BCUT2D eigenvalue weighted by Crippen LogP contribution is -2.22. The number of carbonyl (C=O) groups excluding carboxylic acids is 1. The molecule has 0 fully saturated rings. The van der Waals surface area contributed by atoms with E-state index in [0.29, 0.717) is 15.1 Å². The summed E-state index contributed by atoms with van der Waals surface area (Å²) in [5.41, 5.74) is 0.439. The number of aliphatic hydroxyl groups excluding tert-OH is 2. The smallest absolute Gasteiger partial charge is 0.308 e. The number of ether oxygens (including phenoxy) is 1. The molecule has 2 unspecified atom stereocenters. The number of methoxy groups -OCH3 is 1. The minimum absolute atomic E-state index is 0.272. The molecule has 0 spiro atoms. The lowest BCUT2D eigenvalue weighted by atomic mass is 10.0. The van der Waals surface area contributed by atoms with Gasteiger partial charge < -0.3 is 14.9 Å². The lowest BCUT2D eigenvalue weighted by Gasteiger charge is -2.17. The zero-order valence-electron chi connectivity index (χ0n) is 9.06. The van der Waals surface area contributed by atoms with Crippen molar-refractivity contribution >= 4 is 33.5 Å². The summed E-state index contributed by atoms with van der Waals surface area (Å²) in [4.78, 5) is 11.0. The van der Waals surface area contributed by atoms with E-state index >= 15 is 0 Å². The molecule has 0 bridgehead atoms. The lowest BCUT2D eigenvalue weighted by molar-refractivity contribution is -0.144. The third kappa shape index (κ3) is 3.96. The Morgan fingerprint density at radius 3 is 2.71 bits per heavy atom. The Hall–Kier alpha value is -0.620. The minimum atomic E-state index is -1.22. The molecule has 0 aliphatic heterocycles. The predicted molar refractivity (Wildman–Crippen MR) is 66.8 cm³/mol. The fraction of sp³-hybridized carbons (Fsp3) is 0.364. The van der Waals surface area contributed by atoms with Crippen LogP contribution in [0.5, 0.6) is 0 Å². The van der Waals surface area contributed by atoms with Gasteiger partial charge in [0.25, 0.3) is 0 Å². The summed E-state index contributed by atoms with van der Waals surface area (Å²) in [5.74, 6) is -0.584. The molecule has 0 aliphatic carbocycles. The molecule has 2 N–H and O–H groups in total. The highest BCUT2D eigenvalue weighted by atomic mass is 79.9. The largest absolute Gasteiger partial charge is 0.469 e. The number of hydrogen-bond donors (Lipinski definition) is 2. The molecule has 0 aromatic heterocycles. The summed E-state index contributed by atoms with van der Waals surface area (Å²) in [6.45, 7) is 0. The molecule has 0 saturated carbocycles. The van der Waals surface area contributed by atoms with Gasteiger partial charge in [-0.3, -0.25) is 4.79 Å². The highest BCUT2D eigenvalue weighted by Gasteiger charge is 2.22. The molecule has 17 heavy (non-hydrogen) atoms. The van der Waals surface area contributed by atoms with Crippen LogP contribution in [-0.2, 0) is 9.53 Å². The van der Waals surface area contributed by atoms with Gasteiger partial charge in [-0.25, -0.2) is 0 Å². The minimum Gasteiger partial charge on any atom is -0.469 e. The van der Waals surface area contributed by atoms with Crippen LogP contribution in [-0.4, -0.2) is 29.4 Å². The quantitative estimate of drug-likeness (QED) is 0.832. The summed E-state index contributed by atoms with van der Waals surface area (Å²) in [6.07, 6.45) is -2.68. The van der Waals surface area contributed by atoms with Crippen molar-refractivity contribution in [2.45, 2.75) is 18.6 Å². The zero-order valence-corrected chi connectivity index (χ0v) is 11.4. The van der Waals surface area contributed by atoms with Crippen molar-refractivity contribution in [3.8, 4) is 0 Å². The zero-order chi connectivity index (χ0) is 13.0. The van der Waals surface area contributed by atoms with Crippen molar-refractivity contribution in [2.75, 3.05) is 7.11 Å². The van der Waals surface area contributed by atoms with Crippen LogP contribution in [0.15, 0.2) is 22.7 Å². The van der Waals surface area contributed by atoms with E-state index in [1.165, 1.54) is 13.2 Å². The van der Waals surface area contributed by atoms with Gasteiger partial charge in [0.05, 0.1) is 24.7 Å². The van der Waals surface area contributed by atoms with Gasteiger partial charge in [-0.1, -0.05) is 17.7 Å². The van der Waals surface area contributed by atoms with Gasteiger partial charge >= 0.3 is 5.97 Å². The van der Waals surface area contributed by atoms with Crippen LogP contribution in [0.1, 0.15) is 18.1 Å². The highest BCUT2D eigenvalue weighted by molar-refractivity contribution is 9.10. The van der Waals surface area contributed by atoms with Gasteiger partial charge in [0, 0.05) is 4.47 Å². The number of esters is 1. The van der Waals surface area contributed by atoms with Crippen molar-refractivity contribution in [1.29, 1.82) is 0 Å². The molecule has 0 aliphatic rings. The molecular formula is C11H12BrClO4. The predicted octanol–water partition coefficient (Wildman–Crippen LogP) is 2.06. The molecule has 0 radical (unpaired) electrons. The van der Waals surface area contributed by atoms with Crippen LogP contribution in [0.3, 0.4) is 0 Å². The fourth-order valence-corrected chi connectivity index (χ4v) is 1.72. The van der Waals surface area contributed by atoms with E-state index in [-0.39, 0.29) is 6.42 Å². The first kappa shape index (κ1) is 14.4. The van der Waals surface area contributed by atoms with Crippen LogP contribution in [0.2, 0.25) is 5.02 Å². The molecule has 0 saturated heterocycles. The Bertz CT molecular complexity index is 410. The third-order valence-corrected chi connectivity index (χ3v) is 3.49. The molecule has 1 aromatic carbocycles. The van der Waals surface area contributed by atoms with Gasteiger partial charge in [0.2, 0.25) is 0 Å². The van der Waals surface area contributed by atoms with E-state index in [1.807, 2.05) is 0 Å². The Morgan fingerprint density at radius 2 is 2.18 bits per heavy atom. The Balaban J connectivity index is 2.77. The topological polar surface area (TPSA) is 66.8 Å². The van der Waals surface area contributed by atoms with Crippen molar-refractivity contribution in [2.24, 2.45) is 0 Å². The normalized spacial score (nSPS) is 14.2. The van der Waals surface area contributed by atoms with Gasteiger partial charge in [-0.15, -0.1) is 0 Å². The van der Waals surface area contributed by atoms with Crippen molar-refractivity contribution in [3.63, 3.8) is 0 Å². The highest BCUT2D eigenvalue weighted by Crippen LogP contribution is 2.27. The first-order chi connectivity index (χ1) is 7.95. The van der Waals surface area contributed by atoms with Crippen LogP contribution >= 0.6 is 27.5 Å². The first-order valence-corrected chi connectivity index (χ1v) is 6.00. The standard InChI is InChI=1S/C11H12BrClO4/c1-17-10(15)5-9(14)11(16)6-2-3-7(12)8(13)4-6/h2-4,9,11,14,16H,5H2,1H3. The van der Waals surface area contributed by atoms with Crippen LogP contribution in [0.25, 0.3) is 0 Å². The number of halogens is 2. The van der Waals surface area contributed by atoms with Crippen LogP contribution in [0, 0.1) is 0 Å². The van der Waals surface area contributed by atoms with Gasteiger partial charge in [-0.2, -0.15) is 0 Å². The molecule has 0 heterocycles. The maximum Gasteiger partial charge on any atom is 0.308 e.